The van der Waals surface area contributed by atoms with Crippen LogP contribution in [0.2, 0.25) is 0 Å². The molecule has 2 N–H and O–H groups in total. The number of hydrazone groups is 1. The normalized spacial score (nSPS) is 11.0. The van der Waals surface area contributed by atoms with Crippen LogP contribution in [0.3, 0.4) is 0 Å². The van der Waals surface area contributed by atoms with Crippen LogP contribution in [0.4, 0.5) is 0 Å². The molecule has 0 heterocycles. The molecule has 2 aromatic carbocycles. The van der Waals surface area contributed by atoms with Crippen molar-refractivity contribution in [3.63, 3.8) is 0 Å². The lowest BCUT2D eigenvalue weighted by molar-refractivity contribution is -0.139. The number of hydrogen-bond donors (Lipinski definition) is 2. The number of carbonyl (C=O) groups excluding carboxylic acids is 1. The summed E-state index contributed by atoms with van der Waals surface area (Å²) in [5.74, 6) is -0.322. The van der Waals surface area contributed by atoms with Crippen LogP contribution in [0, 0.1) is 13.8 Å². The van der Waals surface area contributed by atoms with Crippen LogP contribution < -0.4 is 14.9 Å². The molecule has 0 aliphatic heterocycles. The van der Waals surface area contributed by atoms with Gasteiger partial charge in [0.2, 0.25) is 0 Å². The second-order valence-corrected chi connectivity index (χ2v) is 6.05. The highest BCUT2D eigenvalue weighted by Gasteiger charge is 2.05. The number of amides is 1. The topological polar surface area (TPSA) is 97.2 Å². The van der Waals surface area contributed by atoms with Crippen LogP contribution in [0.5, 0.6) is 11.5 Å². The first-order chi connectivity index (χ1) is 12.8. The van der Waals surface area contributed by atoms with Crippen LogP contribution in [0.25, 0.3) is 0 Å². The number of aliphatic carboxylic acids is 1. The molecule has 0 radical (unpaired) electrons. The Labute approximate surface area is 157 Å². The van der Waals surface area contributed by atoms with E-state index in [9.17, 15) is 9.59 Å². The second kappa shape index (κ2) is 9.38. The highest BCUT2D eigenvalue weighted by atomic mass is 16.5. The monoisotopic (exact) mass is 370 g/mol. The standard InChI is InChI=1S/C20H22N2O5/c1-13-8-14(2)10-18(9-13)26-11-19(23)22-21-15(3)16-4-6-17(7-5-16)27-12-20(24)25/h4-10H,11-12H2,1-3H3,(H,22,23)(H,24,25)/b21-15-. The molecule has 0 aliphatic rings. The smallest absolute Gasteiger partial charge is 0.341 e. The summed E-state index contributed by atoms with van der Waals surface area (Å²) >= 11 is 0. The zero-order chi connectivity index (χ0) is 19.8. The molecule has 7 nitrogen and oxygen atoms in total. The number of benzene rings is 2. The van der Waals surface area contributed by atoms with Gasteiger partial charge in [-0.05, 0) is 73.9 Å². The maximum atomic E-state index is 11.9. The molecule has 2 aromatic rings. The summed E-state index contributed by atoms with van der Waals surface area (Å²) in [6, 6.07) is 12.5. The van der Waals surface area contributed by atoms with Gasteiger partial charge in [0.05, 0.1) is 5.71 Å². The lowest BCUT2D eigenvalue weighted by Gasteiger charge is -2.08. The SMILES string of the molecule is C/C(=N/NC(=O)COc1cc(C)cc(C)c1)c1ccc(OCC(=O)O)cc1. The Bertz CT molecular complexity index is 824. The van der Waals surface area contributed by atoms with Gasteiger partial charge in [-0.2, -0.15) is 5.10 Å². The van der Waals surface area contributed by atoms with Gasteiger partial charge in [-0.1, -0.05) is 6.07 Å². The third-order valence-electron chi connectivity index (χ3n) is 3.55. The van der Waals surface area contributed by atoms with Gasteiger partial charge in [-0.15, -0.1) is 0 Å². The lowest BCUT2D eigenvalue weighted by atomic mass is 10.1. The predicted molar refractivity (Wildman–Crippen MR) is 101 cm³/mol. The molecule has 0 fully saturated rings. The number of rotatable bonds is 8. The first-order valence-corrected chi connectivity index (χ1v) is 8.33. The molecule has 2 rings (SSSR count). The summed E-state index contributed by atoms with van der Waals surface area (Å²) < 4.78 is 10.5. The average Bonchev–Trinajstić information content (AvgIpc) is 2.62. The molecule has 0 unspecified atom stereocenters. The van der Waals surface area contributed by atoms with Crippen LogP contribution in [-0.2, 0) is 9.59 Å². The van der Waals surface area contributed by atoms with Crippen LogP contribution >= 0.6 is 0 Å². The van der Waals surface area contributed by atoms with Crippen molar-refractivity contribution in [3.05, 3.63) is 59.2 Å². The molecular formula is C20H22N2O5. The minimum atomic E-state index is -1.04. The van der Waals surface area contributed by atoms with Crippen molar-refractivity contribution in [2.24, 2.45) is 5.10 Å². The van der Waals surface area contributed by atoms with Crippen molar-refractivity contribution in [3.8, 4) is 11.5 Å². The first-order valence-electron chi connectivity index (χ1n) is 8.33. The number of nitrogens with one attached hydrogen (secondary N) is 1. The van der Waals surface area contributed by atoms with E-state index in [0.29, 0.717) is 17.2 Å². The number of hydrogen-bond acceptors (Lipinski definition) is 5. The molecule has 1 amide bonds. The fourth-order valence-corrected chi connectivity index (χ4v) is 2.35. The number of carboxylic acid groups (broad SMARTS) is 1. The summed E-state index contributed by atoms with van der Waals surface area (Å²) in [4.78, 5) is 22.4. The number of carboxylic acids is 1. The number of carbonyl (C=O) groups is 2. The van der Waals surface area contributed by atoms with Crippen molar-refractivity contribution in [2.75, 3.05) is 13.2 Å². The molecule has 0 bridgehead atoms. The Morgan fingerprint density at radius 2 is 1.56 bits per heavy atom. The molecule has 7 heteroatoms. The van der Waals surface area contributed by atoms with E-state index in [1.165, 1.54) is 0 Å². The predicted octanol–water partition coefficient (Wildman–Crippen LogP) is 2.69. The number of ether oxygens (including phenoxy) is 2. The highest BCUT2D eigenvalue weighted by molar-refractivity contribution is 5.99. The average molecular weight is 370 g/mol. The first kappa shape index (κ1) is 20.0. The minimum Gasteiger partial charge on any atom is -0.484 e. The quantitative estimate of drug-likeness (QED) is 0.550. The van der Waals surface area contributed by atoms with E-state index < -0.39 is 12.6 Å². The van der Waals surface area contributed by atoms with E-state index in [4.69, 9.17) is 14.6 Å². The summed E-state index contributed by atoms with van der Waals surface area (Å²) in [6.07, 6.45) is 0. The summed E-state index contributed by atoms with van der Waals surface area (Å²) in [6.45, 7) is 5.14. The Morgan fingerprint density at radius 3 is 2.15 bits per heavy atom. The molecule has 0 saturated heterocycles. The van der Waals surface area contributed by atoms with Crippen molar-refractivity contribution in [1.82, 2.24) is 5.43 Å². The van der Waals surface area contributed by atoms with Crippen LogP contribution in [-0.4, -0.2) is 35.9 Å². The van der Waals surface area contributed by atoms with Gasteiger partial charge >= 0.3 is 5.97 Å². The molecule has 0 aliphatic carbocycles. The number of nitrogens with zero attached hydrogens (tertiary/aromatic N) is 1. The Kier molecular flexibility index (Phi) is 6.93. The van der Waals surface area contributed by atoms with Gasteiger partial charge in [0.15, 0.2) is 13.2 Å². The van der Waals surface area contributed by atoms with Crippen molar-refractivity contribution in [1.29, 1.82) is 0 Å². The van der Waals surface area contributed by atoms with E-state index in [1.54, 1.807) is 31.2 Å². The fraction of sp³-hybridized carbons (Fsp3) is 0.250. The molecule has 0 spiro atoms. The third-order valence-corrected chi connectivity index (χ3v) is 3.55. The highest BCUT2D eigenvalue weighted by Crippen LogP contribution is 2.16. The van der Waals surface area contributed by atoms with E-state index in [2.05, 4.69) is 10.5 Å². The van der Waals surface area contributed by atoms with Gasteiger partial charge in [0.25, 0.3) is 5.91 Å². The summed E-state index contributed by atoms with van der Waals surface area (Å²) in [5, 5.41) is 12.6. The molecule has 0 saturated carbocycles. The van der Waals surface area contributed by atoms with Gasteiger partial charge < -0.3 is 14.6 Å². The maximum Gasteiger partial charge on any atom is 0.341 e. The van der Waals surface area contributed by atoms with E-state index in [1.807, 2.05) is 32.0 Å². The van der Waals surface area contributed by atoms with Gasteiger partial charge in [-0.25, -0.2) is 10.2 Å². The van der Waals surface area contributed by atoms with Gasteiger partial charge in [0.1, 0.15) is 11.5 Å². The summed E-state index contributed by atoms with van der Waals surface area (Å²) in [5.41, 5.74) is 5.95. The summed E-state index contributed by atoms with van der Waals surface area (Å²) in [7, 11) is 0. The van der Waals surface area contributed by atoms with Gasteiger partial charge in [0, 0.05) is 0 Å². The number of aryl methyl sites for hydroxylation is 2. The van der Waals surface area contributed by atoms with Crippen molar-refractivity contribution in [2.45, 2.75) is 20.8 Å². The Balaban J connectivity index is 1.86. The second-order valence-electron chi connectivity index (χ2n) is 6.05. The van der Waals surface area contributed by atoms with E-state index >= 15 is 0 Å². The van der Waals surface area contributed by atoms with Crippen molar-refractivity contribution >= 4 is 17.6 Å². The molecular weight excluding hydrogens is 348 g/mol. The van der Waals surface area contributed by atoms with Crippen molar-refractivity contribution < 1.29 is 24.2 Å². The fourth-order valence-electron chi connectivity index (χ4n) is 2.35. The Hall–Kier alpha value is -3.35. The Morgan fingerprint density at radius 1 is 0.963 bits per heavy atom. The molecule has 27 heavy (non-hydrogen) atoms. The maximum absolute atomic E-state index is 11.9. The minimum absolute atomic E-state index is 0.137. The van der Waals surface area contributed by atoms with Crippen LogP contribution in [0.15, 0.2) is 47.6 Å². The zero-order valence-corrected chi connectivity index (χ0v) is 15.5. The molecule has 142 valence electrons. The van der Waals surface area contributed by atoms with Gasteiger partial charge in [-0.3, -0.25) is 4.79 Å². The lowest BCUT2D eigenvalue weighted by Crippen LogP contribution is -2.25. The molecule has 0 atom stereocenters. The van der Waals surface area contributed by atoms with E-state index in [0.717, 1.165) is 16.7 Å². The third kappa shape index (κ3) is 6.81. The molecule has 0 aromatic heterocycles. The largest absolute Gasteiger partial charge is 0.484 e. The van der Waals surface area contributed by atoms with E-state index in [-0.39, 0.29) is 12.5 Å². The zero-order valence-electron chi connectivity index (χ0n) is 15.5. The van der Waals surface area contributed by atoms with Crippen LogP contribution in [0.1, 0.15) is 23.6 Å².